The van der Waals surface area contributed by atoms with E-state index in [2.05, 4.69) is 166 Å². The normalized spacial score (nSPS) is 15.0. The molecule has 0 saturated carbocycles. The summed E-state index contributed by atoms with van der Waals surface area (Å²) < 4.78 is 6.41. The minimum atomic E-state index is -0.456. The molecule has 0 unspecified atom stereocenters. The van der Waals surface area contributed by atoms with Gasteiger partial charge in [0, 0.05) is 16.5 Å². The number of ether oxygens (including phenoxy) is 1. The summed E-state index contributed by atoms with van der Waals surface area (Å²) in [6.45, 7) is 4.61. The fraction of sp³-hybridized carbons (Fsp3) is 0.0909. The average Bonchev–Trinajstić information content (AvgIpc) is 3.40. The van der Waals surface area contributed by atoms with Crippen LogP contribution < -0.4 is 4.74 Å². The Hall–Kier alpha value is -5.40. The maximum atomic E-state index is 6.41. The van der Waals surface area contributed by atoms with E-state index in [0.717, 1.165) is 11.5 Å². The summed E-state index contributed by atoms with van der Waals surface area (Å²) in [5, 5.41) is 2.56. The number of hydrogen-bond donors (Lipinski definition) is 0. The van der Waals surface area contributed by atoms with Crippen molar-refractivity contribution in [1.29, 1.82) is 0 Å². The molecule has 1 nitrogen and oxygen atoms in total. The van der Waals surface area contributed by atoms with Crippen molar-refractivity contribution in [3.63, 3.8) is 0 Å². The highest BCUT2D eigenvalue weighted by Gasteiger charge is 2.47. The zero-order valence-corrected chi connectivity index (χ0v) is 25.4. The van der Waals surface area contributed by atoms with Gasteiger partial charge >= 0.3 is 0 Å². The molecule has 0 saturated heterocycles. The molecule has 0 fully saturated rings. The Morgan fingerprint density at radius 3 is 1.80 bits per heavy atom. The van der Waals surface area contributed by atoms with Crippen LogP contribution in [-0.2, 0) is 10.8 Å². The van der Waals surface area contributed by atoms with Crippen LogP contribution >= 0.6 is 0 Å². The molecule has 2 aliphatic rings. The van der Waals surface area contributed by atoms with E-state index in [1.54, 1.807) is 0 Å². The Morgan fingerprint density at radius 1 is 0.444 bits per heavy atom. The zero-order chi connectivity index (χ0) is 30.2. The van der Waals surface area contributed by atoms with Gasteiger partial charge < -0.3 is 4.74 Å². The highest BCUT2D eigenvalue weighted by molar-refractivity contribution is 6.04. The largest absolute Gasteiger partial charge is 0.457 e. The maximum absolute atomic E-state index is 6.41. The van der Waals surface area contributed by atoms with E-state index >= 15 is 0 Å². The Balaban J connectivity index is 1.32. The lowest BCUT2D eigenvalue weighted by atomic mass is 9.67. The van der Waals surface area contributed by atoms with Crippen LogP contribution in [0, 0.1) is 0 Å². The lowest BCUT2D eigenvalue weighted by molar-refractivity contribution is 0.418. The van der Waals surface area contributed by atoms with Crippen LogP contribution in [-0.4, -0.2) is 0 Å². The first kappa shape index (κ1) is 26.0. The molecule has 0 N–H and O–H groups in total. The summed E-state index contributed by atoms with van der Waals surface area (Å²) >= 11 is 0. The van der Waals surface area contributed by atoms with Crippen molar-refractivity contribution in [3.05, 3.63) is 191 Å². The molecular weight excluding hydrogens is 544 g/mol. The molecule has 1 aliphatic heterocycles. The van der Waals surface area contributed by atoms with Crippen LogP contribution in [0.4, 0.5) is 0 Å². The van der Waals surface area contributed by atoms with Crippen molar-refractivity contribution in [1.82, 2.24) is 0 Å². The Labute approximate surface area is 264 Å². The molecule has 9 rings (SSSR count). The van der Waals surface area contributed by atoms with Gasteiger partial charge in [-0.25, -0.2) is 0 Å². The van der Waals surface area contributed by atoms with Gasteiger partial charge in [-0.2, -0.15) is 0 Å². The smallest absolute Gasteiger partial charge is 0.131 e. The molecular formula is C44H32O. The third-order valence-electron chi connectivity index (χ3n) is 10.2. The van der Waals surface area contributed by atoms with Crippen LogP contribution in [0.5, 0.6) is 11.5 Å². The van der Waals surface area contributed by atoms with E-state index in [0.29, 0.717) is 0 Å². The summed E-state index contributed by atoms with van der Waals surface area (Å²) in [4.78, 5) is 0. The first-order valence-corrected chi connectivity index (χ1v) is 15.8. The minimum absolute atomic E-state index is 0.177. The van der Waals surface area contributed by atoms with Gasteiger partial charge in [0.05, 0.1) is 5.41 Å². The molecule has 1 aliphatic carbocycles. The second-order valence-electron chi connectivity index (χ2n) is 12.9. The molecule has 0 spiro atoms. The number of rotatable bonds is 3. The monoisotopic (exact) mass is 576 g/mol. The molecule has 0 bridgehead atoms. The molecule has 1 heteroatoms. The Morgan fingerprint density at radius 2 is 1.04 bits per heavy atom. The minimum Gasteiger partial charge on any atom is -0.457 e. The number of benzene rings is 7. The summed E-state index contributed by atoms with van der Waals surface area (Å²) in [6.07, 6.45) is 0. The average molecular weight is 577 g/mol. The first-order valence-electron chi connectivity index (χ1n) is 15.8. The van der Waals surface area contributed by atoms with Crippen molar-refractivity contribution in [2.75, 3.05) is 0 Å². The standard InChI is InChI=1S/C44H32O/c1-43(2)36-19-11-12-20-40(36)45-41-26-23-31(28-39(41)43)30-21-24-35-38(27-30)44(32-14-5-3-6-15-32,33-16-7-4-8-17-33)37-25-22-29-13-9-10-18-34(29)42(35)37/h3-28H,1-2H3. The van der Waals surface area contributed by atoms with E-state index in [-0.39, 0.29) is 5.41 Å². The van der Waals surface area contributed by atoms with Gasteiger partial charge in [0.2, 0.25) is 0 Å². The summed E-state index contributed by atoms with van der Waals surface area (Å²) in [7, 11) is 0. The van der Waals surface area contributed by atoms with Gasteiger partial charge in [-0.15, -0.1) is 0 Å². The van der Waals surface area contributed by atoms with Gasteiger partial charge in [-0.1, -0.05) is 147 Å². The third kappa shape index (κ3) is 3.61. The zero-order valence-electron chi connectivity index (χ0n) is 25.4. The van der Waals surface area contributed by atoms with Crippen LogP contribution in [0.3, 0.4) is 0 Å². The van der Waals surface area contributed by atoms with Crippen molar-refractivity contribution in [2.45, 2.75) is 24.7 Å². The van der Waals surface area contributed by atoms with E-state index in [4.69, 9.17) is 4.74 Å². The SMILES string of the molecule is CC1(C)c2ccccc2Oc2ccc(-c3ccc4c(c3)C(c3ccccc3)(c3ccccc3)c3ccc5ccccc5c3-4)cc21. The Bertz CT molecular complexity index is 2220. The van der Waals surface area contributed by atoms with Crippen molar-refractivity contribution in [3.8, 4) is 33.8 Å². The molecule has 1 heterocycles. The van der Waals surface area contributed by atoms with Crippen molar-refractivity contribution >= 4 is 10.8 Å². The quantitative estimate of drug-likeness (QED) is 0.203. The van der Waals surface area contributed by atoms with Gasteiger partial charge in [0.15, 0.2) is 0 Å². The van der Waals surface area contributed by atoms with E-state index in [9.17, 15) is 0 Å². The molecule has 7 aromatic carbocycles. The second-order valence-corrected chi connectivity index (χ2v) is 12.9. The van der Waals surface area contributed by atoms with Crippen molar-refractivity contribution in [2.24, 2.45) is 0 Å². The third-order valence-corrected chi connectivity index (χ3v) is 10.2. The van der Waals surface area contributed by atoms with Gasteiger partial charge in [0.25, 0.3) is 0 Å². The van der Waals surface area contributed by atoms with Crippen LogP contribution in [0.1, 0.15) is 47.2 Å². The first-order chi connectivity index (χ1) is 22.1. The maximum Gasteiger partial charge on any atom is 0.131 e. The number of fused-ring (bicyclic) bond motifs is 7. The molecule has 45 heavy (non-hydrogen) atoms. The summed E-state index contributed by atoms with van der Waals surface area (Å²) in [5.41, 5.74) is 12.1. The van der Waals surface area contributed by atoms with Crippen LogP contribution in [0.15, 0.2) is 158 Å². The lowest BCUT2D eigenvalue weighted by Gasteiger charge is -2.35. The molecule has 0 radical (unpaired) electrons. The molecule has 0 amide bonds. The van der Waals surface area contributed by atoms with Gasteiger partial charge in [-0.3, -0.25) is 0 Å². The predicted octanol–water partition coefficient (Wildman–Crippen LogP) is 11.3. The van der Waals surface area contributed by atoms with Crippen LogP contribution in [0.2, 0.25) is 0 Å². The number of para-hydroxylation sites is 1. The molecule has 0 atom stereocenters. The fourth-order valence-electron chi connectivity index (χ4n) is 8.06. The lowest BCUT2D eigenvalue weighted by Crippen LogP contribution is -2.28. The van der Waals surface area contributed by atoms with E-state index in [1.165, 1.54) is 66.4 Å². The van der Waals surface area contributed by atoms with Crippen LogP contribution in [0.25, 0.3) is 33.0 Å². The molecule has 7 aromatic rings. The topological polar surface area (TPSA) is 9.23 Å². The van der Waals surface area contributed by atoms with E-state index < -0.39 is 5.41 Å². The van der Waals surface area contributed by atoms with Crippen molar-refractivity contribution < 1.29 is 4.74 Å². The fourth-order valence-corrected chi connectivity index (χ4v) is 8.06. The van der Waals surface area contributed by atoms with E-state index in [1.807, 2.05) is 6.07 Å². The highest BCUT2D eigenvalue weighted by Crippen LogP contribution is 2.58. The second kappa shape index (κ2) is 9.55. The highest BCUT2D eigenvalue weighted by atomic mass is 16.5. The number of hydrogen-bond acceptors (Lipinski definition) is 1. The predicted molar refractivity (Wildman–Crippen MR) is 185 cm³/mol. The summed E-state index contributed by atoms with van der Waals surface area (Å²) in [6, 6.07) is 57.8. The van der Waals surface area contributed by atoms with Gasteiger partial charge in [-0.05, 0) is 79.5 Å². The Kier molecular flexibility index (Phi) is 5.53. The molecule has 0 aromatic heterocycles. The summed E-state index contributed by atoms with van der Waals surface area (Å²) in [5.74, 6) is 1.88. The van der Waals surface area contributed by atoms with Gasteiger partial charge in [0.1, 0.15) is 11.5 Å². The molecule has 214 valence electrons.